The summed E-state index contributed by atoms with van der Waals surface area (Å²) in [5.41, 5.74) is 1.07. The Balaban J connectivity index is 1.67. The van der Waals surface area contributed by atoms with Crippen LogP contribution >= 0.6 is 23.1 Å². The van der Waals surface area contributed by atoms with Crippen molar-refractivity contribution >= 4 is 33.3 Å². The molecule has 0 saturated heterocycles. The van der Waals surface area contributed by atoms with E-state index in [1.54, 1.807) is 23.1 Å². The molecule has 4 rings (SSSR count). The molecule has 0 spiro atoms. The summed E-state index contributed by atoms with van der Waals surface area (Å²) in [6.07, 6.45) is 4.78. The molecule has 0 unspecified atom stereocenters. The van der Waals surface area contributed by atoms with Crippen molar-refractivity contribution in [3.05, 3.63) is 30.1 Å². The van der Waals surface area contributed by atoms with E-state index >= 15 is 0 Å². The first kappa shape index (κ1) is 12.3. The Morgan fingerprint density at radius 1 is 1.10 bits per heavy atom. The number of nitrogens with zero attached hydrogens (tertiary/aromatic N) is 4. The van der Waals surface area contributed by atoms with E-state index in [9.17, 15) is 0 Å². The van der Waals surface area contributed by atoms with E-state index in [0.29, 0.717) is 0 Å². The van der Waals surface area contributed by atoms with Crippen molar-refractivity contribution in [2.75, 3.05) is 0 Å². The number of aromatic nitrogens is 4. The third-order valence-electron chi connectivity index (χ3n) is 3.53. The number of fused-ring (bicyclic) bond motifs is 2. The Morgan fingerprint density at radius 3 is 3.00 bits per heavy atom. The fourth-order valence-electron chi connectivity index (χ4n) is 2.51. The molecule has 1 aliphatic rings. The van der Waals surface area contributed by atoms with Crippen LogP contribution in [0.1, 0.15) is 25.1 Å². The van der Waals surface area contributed by atoms with Gasteiger partial charge in [0.15, 0.2) is 9.50 Å². The van der Waals surface area contributed by atoms with Gasteiger partial charge in [0.25, 0.3) is 0 Å². The van der Waals surface area contributed by atoms with Crippen LogP contribution < -0.4 is 0 Å². The molecule has 102 valence electrons. The molecule has 0 saturated carbocycles. The minimum atomic E-state index is 0.987. The molecular formula is C14H14N4S2. The number of rotatable bonds is 2. The van der Waals surface area contributed by atoms with Gasteiger partial charge in [-0.05, 0) is 36.7 Å². The summed E-state index contributed by atoms with van der Waals surface area (Å²) in [5, 5.41) is 9.67. The van der Waals surface area contributed by atoms with Crippen LogP contribution in [0.15, 0.2) is 33.8 Å². The molecule has 4 nitrogen and oxygen atoms in total. The van der Waals surface area contributed by atoms with E-state index in [1.807, 2.05) is 6.07 Å². The SMILES string of the molecule is c1ccc2sc(Sc3nnc4n3CCCCC4)nc2c1. The Bertz CT molecular complexity index is 714. The summed E-state index contributed by atoms with van der Waals surface area (Å²) in [6, 6.07) is 8.25. The highest BCUT2D eigenvalue weighted by molar-refractivity contribution is 8.01. The van der Waals surface area contributed by atoms with Crippen LogP contribution in [0.4, 0.5) is 0 Å². The fourth-order valence-corrected chi connectivity index (χ4v) is 4.55. The molecule has 0 aliphatic carbocycles. The fraction of sp³-hybridized carbons (Fsp3) is 0.357. The zero-order chi connectivity index (χ0) is 13.4. The van der Waals surface area contributed by atoms with Gasteiger partial charge in [-0.3, -0.25) is 0 Å². The van der Waals surface area contributed by atoms with Crippen molar-refractivity contribution in [1.29, 1.82) is 0 Å². The second-order valence-electron chi connectivity index (χ2n) is 4.91. The second kappa shape index (κ2) is 5.18. The first-order valence-electron chi connectivity index (χ1n) is 6.86. The van der Waals surface area contributed by atoms with Crippen molar-refractivity contribution in [2.24, 2.45) is 0 Å². The Labute approximate surface area is 125 Å². The number of hydrogen-bond donors (Lipinski definition) is 0. The molecule has 0 amide bonds. The first-order chi connectivity index (χ1) is 9.90. The van der Waals surface area contributed by atoms with Crippen molar-refractivity contribution in [3.8, 4) is 0 Å². The van der Waals surface area contributed by atoms with Gasteiger partial charge in [-0.25, -0.2) is 4.98 Å². The van der Waals surface area contributed by atoms with Gasteiger partial charge >= 0.3 is 0 Å². The lowest BCUT2D eigenvalue weighted by Crippen LogP contribution is -2.01. The normalized spacial score (nSPS) is 15.2. The average Bonchev–Trinajstić information content (AvgIpc) is 2.95. The predicted octanol–water partition coefficient (Wildman–Crippen LogP) is 3.77. The predicted molar refractivity (Wildman–Crippen MR) is 81.3 cm³/mol. The van der Waals surface area contributed by atoms with E-state index in [1.165, 1.54) is 24.0 Å². The standard InChI is InChI=1S/C14H14N4S2/c1-2-8-12-16-17-13(18(12)9-5-1)20-14-15-10-6-3-4-7-11(10)19-14/h3-4,6-7H,1-2,5,8-9H2. The number of aryl methyl sites for hydroxylation is 1. The highest BCUT2D eigenvalue weighted by atomic mass is 32.2. The molecule has 3 heterocycles. The summed E-state index contributed by atoms with van der Waals surface area (Å²) < 4.78 is 4.54. The topological polar surface area (TPSA) is 43.6 Å². The molecule has 20 heavy (non-hydrogen) atoms. The van der Waals surface area contributed by atoms with Gasteiger partial charge in [0.2, 0.25) is 0 Å². The van der Waals surface area contributed by atoms with Gasteiger partial charge in [-0.15, -0.1) is 21.5 Å². The van der Waals surface area contributed by atoms with Crippen LogP contribution in [0, 0.1) is 0 Å². The van der Waals surface area contributed by atoms with Crippen molar-refractivity contribution in [3.63, 3.8) is 0 Å². The van der Waals surface area contributed by atoms with E-state index < -0.39 is 0 Å². The number of hydrogen-bond acceptors (Lipinski definition) is 5. The lowest BCUT2D eigenvalue weighted by molar-refractivity contribution is 0.591. The molecule has 0 atom stereocenters. The van der Waals surface area contributed by atoms with Gasteiger partial charge in [0, 0.05) is 13.0 Å². The minimum Gasteiger partial charge on any atom is -0.306 e. The number of para-hydroxylation sites is 1. The lowest BCUT2D eigenvalue weighted by Gasteiger charge is -2.04. The van der Waals surface area contributed by atoms with E-state index in [2.05, 4.69) is 37.9 Å². The molecule has 0 N–H and O–H groups in total. The van der Waals surface area contributed by atoms with Gasteiger partial charge < -0.3 is 4.57 Å². The maximum Gasteiger partial charge on any atom is 0.198 e. The van der Waals surface area contributed by atoms with Crippen LogP contribution in [-0.4, -0.2) is 19.7 Å². The van der Waals surface area contributed by atoms with Gasteiger partial charge in [0.05, 0.1) is 10.2 Å². The van der Waals surface area contributed by atoms with Gasteiger partial charge in [-0.2, -0.15) is 0 Å². The van der Waals surface area contributed by atoms with Crippen LogP contribution in [0.2, 0.25) is 0 Å². The molecule has 2 aromatic heterocycles. The van der Waals surface area contributed by atoms with Crippen molar-refractivity contribution in [2.45, 2.75) is 41.7 Å². The van der Waals surface area contributed by atoms with Crippen LogP contribution in [0.5, 0.6) is 0 Å². The summed E-state index contributed by atoms with van der Waals surface area (Å²) in [4.78, 5) is 4.66. The third-order valence-corrected chi connectivity index (χ3v) is 5.61. The maximum absolute atomic E-state index is 4.66. The zero-order valence-corrected chi connectivity index (χ0v) is 12.6. The van der Waals surface area contributed by atoms with Crippen molar-refractivity contribution in [1.82, 2.24) is 19.7 Å². The summed E-state index contributed by atoms with van der Waals surface area (Å²) >= 11 is 3.36. The summed E-state index contributed by atoms with van der Waals surface area (Å²) in [7, 11) is 0. The average molecular weight is 302 g/mol. The Kier molecular flexibility index (Phi) is 3.20. The monoisotopic (exact) mass is 302 g/mol. The summed E-state index contributed by atoms with van der Waals surface area (Å²) in [6.45, 7) is 1.04. The smallest absolute Gasteiger partial charge is 0.198 e. The van der Waals surface area contributed by atoms with Crippen molar-refractivity contribution < 1.29 is 0 Å². The number of thiazole rings is 1. The Morgan fingerprint density at radius 2 is 2.05 bits per heavy atom. The second-order valence-corrected chi connectivity index (χ2v) is 7.16. The summed E-state index contributed by atoms with van der Waals surface area (Å²) in [5.74, 6) is 1.13. The zero-order valence-electron chi connectivity index (χ0n) is 11.0. The Hall–Kier alpha value is -1.40. The molecule has 6 heteroatoms. The molecule has 0 bridgehead atoms. The molecule has 1 aliphatic heterocycles. The molecule has 3 aromatic rings. The quantitative estimate of drug-likeness (QED) is 0.723. The largest absolute Gasteiger partial charge is 0.306 e. The molecule has 0 fully saturated rings. The first-order valence-corrected chi connectivity index (χ1v) is 8.49. The third kappa shape index (κ3) is 2.23. The number of benzene rings is 1. The minimum absolute atomic E-state index is 0.987. The van der Waals surface area contributed by atoms with Crippen LogP contribution in [0.3, 0.4) is 0 Å². The van der Waals surface area contributed by atoms with Gasteiger partial charge in [-0.1, -0.05) is 18.6 Å². The van der Waals surface area contributed by atoms with E-state index in [0.717, 1.165) is 33.8 Å². The van der Waals surface area contributed by atoms with E-state index in [4.69, 9.17) is 0 Å². The van der Waals surface area contributed by atoms with Crippen LogP contribution in [-0.2, 0) is 13.0 Å². The maximum atomic E-state index is 4.66. The van der Waals surface area contributed by atoms with E-state index in [-0.39, 0.29) is 0 Å². The van der Waals surface area contributed by atoms with Crippen LogP contribution in [0.25, 0.3) is 10.2 Å². The highest BCUT2D eigenvalue weighted by Gasteiger charge is 2.16. The highest BCUT2D eigenvalue weighted by Crippen LogP contribution is 2.34. The molecular weight excluding hydrogens is 288 g/mol. The lowest BCUT2D eigenvalue weighted by atomic mass is 10.2. The molecule has 0 radical (unpaired) electrons. The van der Waals surface area contributed by atoms with Gasteiger partial charge in [0.1, 0.15) is 5.82 Å². The molecule has 1 aromatic carbocycles.